The SMILES string of the molecule is CCOC(=O)C(=O)NCCS(C)(=O)=O. The number of carbonyl (C=O) groups is 2. The predicted octanol–water partition coefficient (Wildman–Crippen LogP) is -1.29. The molecule has 0 aromatic carbocycles. The van der Waals surface area contributed by atoms with Crippen LogP contribution in [0.4, 0.5) is 0 Å². The fourth-order valence-electron chi connectivity index (χ4n) is 0.619. The first kappa shape index (κ1) is 12.9. The van der Waals surface area contributed by atoms with E-state index in [1.54, 1.807) is 6.92 Å². The second kappa shape index (κ2) is 5.58. The van der Waals surface area contributed by atoms with E-state index in [4.69, 9.17) is 0 Å². The second-order valence-electron chi connectivity index (χ2n) is 2.61. The van der Waals surface area contributed by atoms with E-state index in [2.05, 4.69) is 10.1 Å². The molecule has 14 heavy (non-hydrogen) atoms. The molecule has 0 aliphatic heterocycles. The molecule has 0 aromatic rings. The van der Waals surface area contributed by atoms with Gasteiger partial charge in [0.1, 0.15) is 9.84 Å². The Morgan fingerprint density at radius 3 is 2.36 bits per heavy atom. The van der Waals surface area contributed by atoms with Crippen LogP contribution >= 0.6 is 0 Å². The number of nitrogens with one attached hydrogen (secondary N) is 1. The van der Waals surface area contributed by atoms with Crippen LogP contribution in [0.1, 0.15) is 6.92 Å². The first-order valence-electron chi connectivity index (χ1n) is 3.99. The fraction of sp³-hybridized carbons (Fsp3) is 0.714. The molecule has 0 spiro atoms. The Kier molecular flexibility index (Phi) is 5.14. The Morgan fingerprint density at radius 2 is 1.93 bits per heavy atom. The molecule has 0 saturated heterocycles. The normalized spacial score (nSPS) is 10.7. The summed E-state index contributed by atoms with van der Waals surface area (Å²) in [7, 11) is -3.12. The summed E-state index contributed by atoms with van der Waals surface area (Å²) in [5.74, 6) is -2.12. The minimum atomic E-state index is -3.12. The maximum Gasteiger partial charge on any atom is 0.396 e. The van der Waals surface area contributed by atoms with Gasteiger partial charge in [-0.2, -0.15) is 0 Å². The minimum absolute atomic E-state index is 0.0868. The van der Waals surface area contributed by atoms with Gasteiger partial charge in [0.25, 0.3) is 0 Å². The Balaban J connectivity index is 3.81. The predicted molar refractivity (Wildman–Crippen MR) is 49.4 cm³/mol. The maximum atomic E-state index is 10.8. The molecule has 0 saturated carbocycles. The van der Waals surface area contributed by atoms with Crippen molar-refractivity contribution in [2.45, 2.75) is 6.92 Å². The number of esters is 1. The molecule has 6 nitrogen and oxygen atoms in total. The van der Waals surface area contributed by atoms with E-state index in [9.17, 15) is 18.0 Å². The van der Waals surface area contributed by atoms with Crippen LogP contribution in [-0.4, -0.2) is 45.5 Å². The van der Waals surface area contributed by atoms with E-state index in [-0.39, 0.29) is 18.9 Å². The molecule has 0 unspecified atom stereocenters. The van der Waals surface area contributed by atoms with E-state index in [1.807, 2.05) is 0 Å². The van der Waals surface area contributed by atoms with E-state index in [1.165, 1.54) is 0 Å². The molecule has 0 bridgehead atoms. The van der Waals surface area contributed by atoms with Gasteiger partial charge in [-0.05, 0) is 6.92 Å². The zero-order valence-electron chi connectivity index (χ0n) is 8.07. The van der Waals surface area contributed by atoms with Crippen molar-refractivity contribution in [1.82, 2.24) is 5.32 Å². The van der Waals surface area contributed by atoms with Crippen molar-refractivity contribution in [3.05, 3.63) is 0 Å². The topological polar surface area (TPSA) is 89.5 Å². The van der Waals surface area contributed by atoms with Crippen LogP contribution in [0, 0.1) is 0 Å². The molecule has 7 heteroatoms. The lowest BCUT2D eigenvalue weighted by Crippen LogP contribution is -2.35. The van der Waals surface area contributed by atoms with Crippen LogP contribution in [0.2, 0.25) is 0 Å². The van der Waals surface area contributed by atoms with Gasteiger partial charge in [0.2, 0.25) is 0 Å². The average Bonchev–Trinajstić information content (AvgIpc) is 2.02. The third-order valence-electron chi connectivity index (χ3n) is 1.22. The summed E-state index contributed by atoms with van der Waals surface area (Å²) in [5, 5.41) is 2.13. The van der Waals surface area contributed by atoms with Gasteiger partial charge >= 0.3 is 11.9 Å². The lowest BCUT2D eigenvalue weighted by atomic mass is 10.6. The summed E-state index contributed by atoms with van der Waals surface area (Å²) in [6, 6.07) is 0. The Morgan fingerprint density at radius 1 is 1.36 bits per heavy atom. The van der Waals surface area contributed by atoms with Crippen molar-refractivity contribution in [3.63, 3.8) is 0 Å². The molecule has 0 fully saturated rings. The monoisotopic (exact) mass is 223 g/mol. The molecule has 0 aliphatic carbocycles. The zero-order chi connectivity index (χ0) is 11.2. The van der Waals surface area contributed by atoms with Gasteiger partial charge in [0.15, 0.2) is 0 Å². The molecule has 0 radical (unpaired) electrons. The summed E-state index contributed by atoms with van der Waals surface area (Å²) in [6.07, 6.45) is 1.05. The van der Waals surface area contributed by atoms with Gasteiger partial charge < -0.3 is 10.1 Å². The highest BCUT2D eigenvalue weighted by molar-refractivity contribution is 7.90. The van der Waals surface area contributed by atoms with E-state index < -0.39 is 21.7 Å². The lowest BCUT2D eigenvalue weighted by Gasteiger charge is -2.02. The Labute approximate surface area is 82.5 Å². The van der Waals surface area contributed by atoms with Crippen LogP contribution < -0.4 is 5.32 Å². The summed E-state index contributed by atoms with van der Waals surface area (Å²) >= 11 is 0. The highest BCUT2D eigenvalue weighted by Crippen LogP contribution is 1.81. The number of sulfone groups is 1. The van der Waals surface area contributed by atoms with Gasteiger partial charge in [0, 0.05) is 12.8 Å². The van der Waals surface area contributed by atoms with Gasteiger partial charge in [-0.1, -0.05) is 0 Å². The number of hydrogen-bond donors (Lipinski definition) is 1. The van der Waals surface area contributed by atoms with Crippen molar-refractivity contribution >= 4 is 21.7 Å². The van der Waals surface area contributed by atoms with Crippen molar-refractivity contribution in [1.29, 1.82) is 0 Å². The molecular formula is C7H13NO5S. The third-order valence-corrected chi connectivity index (χ3v) is 2.16. The highest BCUT2D eigenvalue weighted by atomic mass is 32.2. The fourth-order valence-corrected chi connectivity index (χ4v) is 1.09. The van der Waals surface area contributed by atoms with Crippen molar-refractivity contribution in [2.24, 2.45) is 0 Å². The summed E-state index contributed by atoms with van der Waals surface area (Å²) in [6.45, 7) is 1.59. The van der Waals surface area contributed by atoms with Gasteiger partial charge in [-0.3, -0.25) is 4.79 Å². The smallest absolute Gasteiger partial charge is 0.396 e. The molecule has 0 aromatic heterocycles. The number of ether oxygens (including phenoxy) is 1. The number of rotatable bonds is 4. The van der Waals surface area contributed by atoms with E-state index in [0.29, 0.717) is 0 Å². The molecule has 0 rings (SSSR count). The molecule has 0 heterocycles. The number of amides is 1. The van der Waals surface area contributed by atoms with Crippen molar-refractivity contribution in [2.75, 3.05) is 25.2 Å². The van der Waals surface area contributed by atoms with E-state index >= 15 is 0 Å². The van der Waals surface area contributed by atoms with Crippen molar-refractivity contribution < 1.29 is 22.7 Å². The first-order valence-corrected chi connectivity index (χ1v) is 6.05. The van der Waals surface area contributed by atoms with Gasteiger partial charge in [0.05, 0.1) is 12.4 Å². The third kappa shape index (κ3) is 6.41. The van der Waals surface area contributed by atoms with Crippen molar-refractivity contribution in [3.8, 4) is 0 Å². The molecule has 0 atom stereocenters. The molecule has 82 valence electrons. The van der Waals surface area contributed by atoms with Crippen LogP contribution in [0.3, 0.4) is 0 Å². The molecule has 1 N–H and O–H groups in total. The highest BCUT2D eigenvalue weighted by Gasteiger charge is 2.14. The summed E-state index contributed by atoms with van der Waals surface area (Å²) < 4.78 is 25.7. The Hall–Kier alpha value is -1.11. The lowest BCUT2D eigenvalue weighted by molar-refractivity contribution is -0.154. The summed E-state index contributed by atoms with van der Waals surface area (Å²) in [4.78, 5) is 21.6. The Bertz CT molecular complexity index is 308. The number of hydrogen-bond acceptors (Lipinski definition) is 5. The standard InChI is InChI=1S/C7H13NO5S/c1-3-13-7(10)6(9)8-4-5-14(2,11)12/h3-5H2,1-2H3,(H,8,9). The average molecular weight is 223 g/mol. The second-order valence-corrected chi connectivity index (χ2v) is 4.87. The quantitative estimate of drug-likeness (QED) is 0.473. The van der Waals surface area contributed by atoms with Crippen LogP contribution in [-0.2, 0) is 24.2 Å². The molecule has 0 aliphatic rings. The minimum Gasteiger partial charge on any atom is -0.459 e. The van der Waals surface area contributed by atoms with Gasteiger partial charge in [-0.25, -0.2) is 13.2 Å². The largest absolute Gasteiger partial charge is 0.459 e. The maximum absolute atomic E-state index is 10.8. The summed E-state index contributed by atoms with van der Waals surface area (Å²) in [5.41, 5.74) is 0. The first-order chi connectivity index (χ1) is 6.37. The van der Waals surface area contributed by atoms with Gasteiger partial charge in [-0.15, -0.1) is 0 Å². The van der Waals surface area contributed by atoms with Crippen LogP contribution in [0.5, 0.6) is 0 Å². The number of carbonyl (C=O) groups excluding carboxylic acids is 2. The molecular weight excluding hydrogens is 210 g/mol. The molecule has 1 amide bonds. The van der Waals surface area contributed by atoms with Crippen LogP contribution in [0.25, 0.3) is 0 Å². The van der Waals surface area contributed by atoms with Crippen LogP contribution in [0.15, 0.2) is 0 Å². The zero-order valence-corrected chi connectivity index (χ0v) is 8.89. The van der Waals surface area contributed by atoms with E-state index in [0.717, 1.165) is 6.26 Å².